The van der Waals surface area contributed by atoms with Crippen LogP contribution < -0.4 is 0 Å². The molecule has 0 bridgehead atoms. The van der Waals surface area contributed by atoms with Crippen LogP contribution in [0.5, 0.6) is 0 Å². The van der Waals surface area contributed by atoms with Crippen molar-refractivity contribution in [1.82, 2.24) is 9.13 Å². The first-order chi connectivity index (χ1) is 20.9. The highest BCUT2D eigenvalue weighted by Crippen LogP contribution is 2.41. The molecular formula is C40H26N2. The Balaban J connectivity index is 1.38. The third-order valence-electron chi connectivity index (χ3n) is 8.70. The Hall–Kier alpha value is -5.60. The largest absolute Gasteiger partial charge is 0.309 e. The zero-order valence-corrected chi connectivity index (χ0v) is 22.9. The maximum Gasteiger partial charge on any atom is 0.0619 e. The molecule has 0 fully saturated rings. The van der Waals surface area contributed by atoms with E-state index in [9.17, 15) is 0 Å². The molecule has 0 amide bonds. The molecule has 0 N–H and O–H groups in total. The molecule has 9 rings (SSSR count). The maximum atomic E-state index is 2.47. The summed E-state index contributed by atoms with van der Waals surface area (Å²) in [5.41, 5.74) is 9.72. The van der Waals surface area contributed by atoms with Gasteiger partial charge in [-0.1, -0.05) is 115 Å². The van der Waals surface area contributed by atoms with Gasteiger partial charge in [-0.3, -0.25) is 0 Å². The van der Waals surface area contributed by atoms with E-state index in [4.69, 9.17) is 0 Å². The Kier molecular flexibility index (Phi) is 4.93. The lowest BCUT2D eigenvalue weighted by Gasteiger charge is -2.14. The van der Waals surface area contributed by atoms with Crippen molar-refractivity contribution in [1.29, 1.82) is 0 Å². The Morgan fingerprint density at radius 2 is 0.952 bits per heavy atom. The van der Waals surface area contributed by atoms with Crippen LogP contribution in [0.25, 0.3) is 76.9 Å². The summed E-state index contributed by atoms with van der Waals surface area (Å²) < 4.78 is 4.85. The van der Waals surface area contributed by atoms with E-state index in [2.05, 4.69) is 167 Å². The molecule has 42 heavy (non-hydrogen) atoms. The van der Waals surface area contributed by atoms with Gasteiger partial charge in [0.1, 0.15) is 0 Å². The molecule has 0 aliphatic rings. The zero-order valence-electron chi connectivity index (χ0n) is 22.9. The molecule has 0 aliphatic carbocycles. The van der Waals surface area contributed by atoms with Crippen LogP contribution in [0.3, 0.4) is 0 Å². The van der Waals surface area contributed by atoms with Gasteiger partial charge in [0.2, 0.25) is 0 Å². The van der Waals surface area contributed by atoms with Crippen LogP contribution in [0.4, 0.5) is 0 Å². The van der Waals surface area contributed by atoms with E-state index in [0.717, 1.165) is 0 Å². The number of fused-ring (bicyclic) bond motifs is 7. The summed E-state index contributed by atoms with van der Waals surface area (Å²) in [5, 5.41) is 7.55. The summed E-state index contributed by atoms with van der Waals surface area (Å²) in [4.78, 5) is 0. The number of rotatable bonds is 3. The number of para-hydroxylation sites is 4. The lowest BCUT2D eigenvalue weighted by molar-refractivity contribution is 1.18. The molecule has 2 heterocycles. The van der Waals surface area contributed by atoms with Gasteiger partial charge >= 0.3 is 0 Å². The number of hydrogen-bond acceptors (Lipinski definition) is 0. The number of benzene rings is 7. The van der Waals surface area contributed by atoms with Gasteiger partial charge in [-0.25, -0.2) is 0 Å². The van der Waals surface area contributed by atoms with Crippen LogP contribution in [-0.4, -0.2) is 9.13 Å². The van der Waals surface area contributed by atoms with E-state index >= 15 is 0 Å². The number of aromatic nitrogens is 2. The van der Waals surface area contributed by atoms with Gasteiger partial charge in [0.25, 0.3) is 0 Å². The zero-order chi connectivity index (χ0) is 27.6. The molecule has 0 spiro atoms. The van der Waals surface area contributed by atoms with Gasteiger partial charge in [0.15, 0.2) is 0 Å². The Morgan fingerprint density at radius 1 is 0.357 bits per heavy atom. The highest BCUT2D eigenvalue weighted by molar-refractivity contribution is 6.16. The summed E-state index contributed by atoms with van der Waals surface area (Å²) >= 11 is 0. The monoisotopic (exact) mass is 534 g/mol. The Labute approximate surface area is 243 Å². The van der Waals surface area contributed by atoms with Crippen LogP contribution in [0.2, 0.25) is 0 Å². The molecular weight excluding hydrogens is 508 g/mol. The molecule has 0 atom stereocenters. The van der Waals surface area contributed by atoms with E-state index in [-0.39, 0.29) is 0 Å². The first-order valence-electron chi connectivity index (χ1n) is 14.5. The minimum atomic E-state index is 1.18. The van der Waals surface area contributed by atoms with Gasteiger partial charge in [-0.15, -0.1) is 0 Å². The van der Waals surface area contributed by atoms with Crippen LogP contribution >= 0.6 is 0 Å². The van der Waals surface area contributed by atoms with Crippen molar-refractivity contribution in [2.24, 2.45) is 0 Å². The molecule has 2 aromatic heterocycles. The Bertz CT molecular complexity index is 2450. The quantitative estimate of drug-likeness (QED) is 0.213. The molecule has 7 aromatic carbocycles. The van der Waals surface area contributed by atoms with Crippen molar-refractivity contribution in [2.45, 2.75) is 0 Å². The van der Waals surface area contributed by atoms with Crippen LogP contribution in [-0.2, 0) is 0 Å². The minimum Gasteiger partial charge on any atom is -0.309 e. The van der Waals surface area contributed by atoms with Gasteiger partial charge in [-0.05, 0) is 53.4 Å². The Morgan fingerprint density at radius 3 is 1.79 bits per heavy atom. The lowest BCUT2D eigenvalue weighted by Crippen LogP contribution is -1.97. The van der Waals surface area contributed by atoms with E-state index in [0.29, 0.717) is 0 Å². The highest BCUT2D eigenvalue weighted by atomic mass is 15.0. The van der Waals surface area contributed by atoms with E-state index in [1.165, 1.54) is 76.9 Å². The van der Waals surface area contributed by atoms with Crippen LogP contribution in [0.1, 0.15) is 0 Å². The second-order valence-corrected chi connectivity index (χ2v) is 11.0. The molecule has 2 nitrogen and oxygen atoms in total. The predicted molar refractivity (Wildman–Crippen MR) is 178 cm³/mol. The van der Waals surface area contributed by atoms with Crippen molar-refractivity contribution in [3.05, 3.63) is 158 Å². The fourth-order valence-electron chi connectivity index (χ4n) is 6.90. The van der Waals surface area contributed by atoms with Gasteiger partial charge in [0.05, 0.1) is 27.8 Å². The summed E-state index contributed by atoms with van der Waals surface area (Å²) in [6.45, 7) is 0. The molecule has 0 saturated heterocycles. The third-order valence-corrected chi connectivity index (χ3v) is 8.70. The first kappa shape index (κ1) is 23.1. The third kappa shape index (κ3) is 3.27. The molecule has 0 unspecified atom stereocenters. The standard InChI is InChI=1S/C40H26N2/c1-2-14-29(15-3-1)41-37-21-8-7-18-33(37)35-26-28(24-25-39(35)41)31-19-11-20-34-32-17-6-9-22-38(32)42(40(31)34)36-23-10-13-27-12-4-5-16-30(27)36/h1-26H. The molecule has 2 heteroatoms. The second-order valence-electron chi connectivity index (χ2n) is 11.0. The molecule has 0 saturated carbocycles. The normalized spacial score (nSPS) is 11.8. The van der Waals surface area contributed by atoms with Gasteiger partial charge < -0.3 is 9.13 Å². The van der Waals surface area contributed by atoms with E-state index in [1.54, 1.807) is 0 Å². The molecule has 9 aromatic rings. The van der Waals surface area contributed by atoms with Crippen molar-refractivity contribution >= 4 is 54.4 Å². The highest BCUT2D eigenvalue weighted by Gasteiger charge is 2.19. The average molecular weight is 535 g/mol. The SMILES string of the molecule is c1ccc(-n2c3ccccc3c3cc(-c4cccc5c6ccccc6n(-c6cccc7ccccc67)c45)ccc32)cc1. The van der Waals surface area contributed by atoms with Crippen molar-refractivity contribution in [3.8, 4) is 22.5 Å². The van der Waals surface area contributed by atoms with Gasteiger partial charge in [0, 0.05) is 38.2 Å². The minimum absolute atomic E-state index is 1.18. The summed E-state index contributed by atoms with van der Waals surface area (Å²) in [6.07, 6.45) is 0. The molecule has 0 radical (unpaired) electrons. The number of hydrogen-bond donors (Lipinski definition) is 0. The summed E-state index contributed by atoms with van der Waals surface area (Å²) in [6, 6.07) is 57.2. The van der Waals surface area contributed by atoms with Crippen molar-refractivity contribution in [2.75, 3.05) is 0 Å². The van der Waals surface area contributed by atoms with E-state index in [1.807, 2.05) is 0 Å². The fraction of sp³-hybridized carbons (Fsp3) is 0. The smallest absolute Gasteiger partial charge is 0.0619 e. The predicted octanol–water partition coefficient (Wildman–Crippen LogP) is 10.7. The maximum absolute atomic E-state index is 2.47. The van der Waals surface area contributed by atoms with E-state index < -0.39 is 0 Å². The molecule has 0 aliphatic heterocycles. The fourth-order valence-corrected chi connectivity index (χ4v) is 6.90. The molecule has 196 valence electrons. The summed E-state index contributed by atoms with van der Waals surface area (Å²) in [7, 11) is 0. The lowest BCUT2D eigenvalue weighted by atomic mass is 9.99. The van der Waals surface area contributed by atoms with Gasteiger partial charge in [-0.2, -0.15) is 0 Å². The summed E-state index contributed by atoms with van der Waals surface area (Å²) in [5.74, 6) is 0. The second kappa shape index (κ2) is 8.95. The van der Waals surface area contributed by atoms with Crippen molar-refractivity contribution in [3.63, 3.8) is 0 Å². The van der Waals surface area contributed by atoms with Crippen molar-refractivity contribution < 1.29 is 0 Å². The number of nitrogens with zero attached hydrogens (tertiary/aromatic N) is 2. The topological polar surface area (TPSA) is 9.86 Å². The average Bonchev–Trinajstić information content (AvgIpc) is 3.58. The van der Waals surface area contributed by atoms with Crippen LogP contribution in [0.15, 0.2) is 158 Å². The van der Waals surface area contributed by atoms with Crippen LogP contribution in [0, 0.1) is 0 Å². The first-order valence-corrected chi connectivity index (χ1v) is 14.5.